The molecule has 0 aliphatic rings. The molecule has 1 heterocycles. The van der Waals surface area contributed by atoms with E-state index in [0.717, 1.165) is 12.1 Å². The number of para-hydroxylation sites is 1. The van der Waals surface area contributed by atoms with Crippen LogP contribution in [0.25, 0.3) is 10.6 Å². The molecule has 0 saturated carbocycles. The van der Waals surface area contributed by atoms with Gasteiger partial charge in [-0.1, -0.05) is 24.3 Å². The Morgan fingerprint density at radius 2 is 1.93 bits per heavy atom. The number of aromatic nitrogens is 1. The molecule has 0 atom stereocenters. The van der Waals surface area contributed by atoms with Crippen molar-refractivity contribution in [2.24, 2.45) is 0 Å². The largest absolute Gasteiger partial charge is 0.488 e. The molecular formula is C21H19F3N2O2S. The Kier molecular flexibility index (Phi) is 6.22. The molecule has 0 spiro atoms. The maximum atomic E-state index is 12.9. The Hall–Kier alpha value is -2.87. The van der Waals surface area contributed by atoms with Crippen molar-refractivity contribution < 1.29 is 22.7 Å². The Labute approximate surface area is 170 Å². The lowest BCUT2D eigenvalue weighted by Gasteiger charge is -2.12. The van der Waals surface area contributed by atoms with E-state index in [1.165, 1.54) is 17.4 Å². The van der Waals surface area contributed by atoms with Crippen LogP contribution in [-0.2, 0) is 12.8 Å². The van der Waals surface area contributed by atoms with E-state index in [2.05, 4.69) is 4.98 Å². The molecule has 0 saturated heterocycles. The van der Waals surface area contributed by atoms with E-state index in [1.807, 2.05) is 13.0 Å². The van der Waals surface area contributed by atoms with Crippen molar-refractivity contribution in [3.05, 3.63) is 70.7 Å². The third-order valence-electron chi connectivity index (χ3n) is 4.31. The Morgan fingerprint density at radius 1 is 1.17 bits per heavy atom. The lowest BCUT2D eigenvalue weighted by atomic mass is 10.1. The van der Waals surface area contributed by atoms with Gasteiger partial charge >= 0.3 is 6.18 Å². The predicted molar refractivity (Wildman–Crippen MR) is 106 cm³/mol. The van der Waals surface area contributed by atoms with Crippen molar-refractivity contribution in [3.8, 4) is 16.3 Å². The molecule has 0 N–H and O–H groups in total. The molecule has 0 unspecified atom stereocenters. The van der Waals surface area contributed by atoms with Gasteiger partial charge in [0.05, 0.1) is 11.1 Å². The zero-order valence-electron chi connectivity index (χ0n) is 15.9. The van der Waals surface area contributed by atoms with Crippen molar-refractivity contribution in [1.82, 2.24) is 9.88 Å². The molecule has 8 heteroatoms. The molecule has 152 valence electrons. The van der Waals surface area contributed by atoms with Crippen molar-refractivity contribution >= 4 is 17.2 Å². The molecule has 0 aliphatic heterocycles. The first-order chi connectivity index (χ1) is 13.8. The van der Waals surface area contributed by atoms with Crippen molar-refractivity contribution in [2.45, 2.75) is 19.7 Å². The average molecular weight is 420 g/mol. The van der Waals surface area contributed by atoms with Crippen LogP contribution < -0.4 is 4.74 Å². The third kappa shape index (κ3) is 4.95. The van der Waals surface area contributed by atoms with Crippen LogP contribution in [-0.4, -0.2) is 29.4 Å². The first-order valence-corrected chi connectivity index (χ1v) is 9.77. The van der Waals surface area contributed by atoms with Crippen LogP contribution in [0.4, 0.5) is 13.2 Å². The predicted octanol–water partition coefficient (Wildman–Crippen LogP) is 5.50. The van der Waals surface area contributed by atoms with Gasteiger partial charge in [0.1, 0.15) is 23.1 Å². The van der Waals surface area contributed by atoms with Gasteiger partial charge in [0.2, 0.25) is 0 Å². The SMILES string of the molecule is CCN(C)C(=O)c1csc(-c2ccccc2OCc2cccc(C(F)(F)F)c2)n1. The Bertz CT molecular complexity index is 1000. The molecule has 1 amide bonds. The third-order valence-corrected chi connectivity index (χ3v) is 5.19. The lowest BCUT2D eigenvalue weighted by Crippen LogP contribution is -2.26. The van der Waals surface area contributed by atoms with Gasteiger partial charge in [-0.15, -0.1) is 11.3 Å². The number of ether oxygens (including phenoxy) is 1. The summed E-state index contributed by atoms with van der Waals surface area (Å²) in [6, 6.07) is 12.2. The second-order valence-electron chi connectivity index (χ2n) is 6.34. The first-order valence-electron chi connectivity index (χ1n) is 8.89. The van der Waals surface area contributed by atoms with E-state index >= 15 is 0 Å². The number of hydrogen-bond donors (Lipinski definition) is 0. The number of carbonyl (C=O) groups excluding carboxylic acids is 1. The summed E-state index contributed by atoms with van der Waals surface area (Å²) in [5.74, 6) is 0.319. The van der Waals surface area contributed by atoms with E-state index in [4.69, 9.17) is 4.74 Å². The van der Waals surface area contributed by atoms with Gasteiger partial charge in [0, 0.05) is 19.0 Å². The average Bonchev–Trinajstić information content (AvgIpc) is 3.21. The second-order valence-corrected chi connectivity index (χ2v) is 7.20. The topological polar surface area (TPSA) is 42.4 Å². The van der Waals surface area contributed by atoms with E-state index in [-0.39, 0.29) is 12.5 Å². The fraction of sp³-hybridized carbons (Fsp3) is 0.238. The minimum atomic E-state index is -4.40. The standard InChI is InChI=1S/C21H19F3N2O2S/c1-3-26(2)20(27)17-13-29-19(25-17)16-9-4-5-10-18(16)28-12-14-7-6-8-15(11-14)21(22,23)24/h4-11,13H,3,12H2,1-2H3. The number of hydrogen-bond acceptors (Lipinski definition) is 4. The quantitative estimate of drug-likeness (QED) is 0.529. The number of halogens is 3. The second kappa shape index (κ2) is 8.65. The number of amides is 1. The minimum absolute atomic E-state index is 0.0172. The highest BCUT2D eigenvalue weighted by Crippen LogP contribution is 2.33. The Morgan fingerprint density at radius 3 is 2.66 bits per heavy atom. The van der Waals surface area contributed by atoms with Gasteiger partial charge in [-0.3, -0.25) is 4.79 Å². The molecule has 3 rings (SSSR count). The van der Waals surface area contributed by atoms with Gasteiger partial charge < -0.3 is 9.64 Å². The van der Waals surface area contributed by atoms with Crippen LogP contribution in [0.2, 0.25) is 0 Å². The van der Waals surface area contributed by atoms with Crippen LogP contribution in [0.1, 0.15) is 28.5 Å². The van der Waals surface area contributed by atoms with E-state index in [0.29, 0.717) is 34.1 Å². The molecule has 1 aromatic heterocycles. The molecule has 0 radical (unpaired) electrons. The van der Waals surface area contributed by atoms with Gasteiger partial charge in [-0.05, 0) is 36.8 Å². The van der Waals surface area contributed by atoms with Crippen molar-refractivity contribution in [2.75, 3.05) is 13.6 Å². The summed E-state index contributed by atoms with van der Waals surface area (Å²) in [6.07, 6.45) is -4.40. The number of thiazole rings is 1. The summed E-state index contributed by atoms with van der Waals surface area (Å²) >= 11 is 1.31. The number of alkyl halides is 3. The number of rotatable bonds is 6. The van der Waals surface area contributed by atoms with Gasteiger partial charge in [-0.25, -0.2) is 4.98 Å². The summed E-state index contributed by atoms with van der Waals surface area (Å²) in [5.41, 5.74) is 0.730. The molecule has 4 nitrogen and oxygen atoms in total. The minimum Gasteiger partial charge on any atom is -0.488 e. The molecule has 3 aromatic rings. The van der Waals surface area contributed by atoms with Crippen LogP contribution in [0.15, 0.2) is 53.9 Å². The van der Waals surface area contributed by atoms with Crippen LogP contribution in [0.5, 0.6) is 5.75 Å². The zero-order valence-corrected chi connectivity index (χ0v) is 16.7. The molecule has 2 aromatic carbocycles. The highest BCUT2D eigenvalue weighted by molar-refractivity contribution is 7.13. The smallest absolute Gasteiger partial charge is 0.416 e. The van der Waals surface area contributed by atoms with Crippen LogP contribution >= 0.6 is 11.3 Å². The first kappa shape index (κ1) is 20.9. The summed E-state index contributed by atoms with van der Waals surface area (Å²) in [6.45, 7) is 2.43. The summed E-state index contributed by atoms with van der Waals surface area (Å²) in [5, 5.41) is 2.30. The Balaban J connectivity index is 1.80. The summed E-state index contributed by atoms with van der Waals surface area (Å²) in [7, 11) is 1.70. The van der Waals surface area contributed by atoms with Crippen LogP contribution in [0.3, 0.4) is 0 Å². The van der Waals surface area contributed by atoms with E-state index in [1.54, 1.807) is 41.6 Å². The van der Waals surface area contributed by atoms with Crippen LogP contribution in [0, 0.1) is 0 Å². The van der Waals surface area contributed by atoms with Gasteiger partial charge in [-0.2, -0.15) is 13.2 Å². The maximum Gasteiger partial charge on any atom is 0.416 e. The molecule has 0 aliphatic carbocycles. The number of benzene rings is 2. The fourth-order valence-corrected chi connectivity index (χ4v) is 3.43. The highest BCUT2D eigenvalue weighted by Gasteiger charge is 2.30. The summed E-state index contributed by atoms with van der Waals surface area (Å²) in [4.78, 5) is 18.3. The van der Waals surface area contributed by atoms with E-state index in [9.17, 15) is 18.0 Å². The van der Waals surface area contributed by atoms with E-state index < -0.39 is 11.7 Å². The highest BCUT2D eigenvalue weighted by atomic mass is 32.1. The monoisotopic (exact) mass is 420 g/mol. The van der Waals surface area contributed by atoms with Gasteiger partial charge in [0.25, 0.3) is 5.91 Å². The molecule has 0 bridgehead atoms. The number of nitrogens with zero attached hydrogens (tertiary/aromatic N) is 2. The van der Waals surface area contributed by atoms with Crippen molar-refractivity contribution in [1.29, 1.82) is 0 Å². The van der Waals surface area contributed by atoms with Gasteiger partial charge in [0.15, 0.2) is 0 Å². The fourth-order valence-electron chi connectivity index (χ4n) is 2.60. The lowest BCUT2D eigenvalue weighted by molar-refractivity contribution is -0.137. The van der Waals surface area contributed by atoms with Crippen molar-refractivity contribution in [3.63, 3.8) is 0 Å². The molecule has 29 heavy (non-hydrogen) atoms. The normalized spacial score (nSPS) is 11.3. The zero-order chi connectivity index (χ0) is 21.0. The summed E-state index contributed by atoms with van der Waals surface area (Å²) < 4.78 is 44.5. The molecular weight excluding hydrogens is 401 g/mol. The molecule has 0 fully saturated rings. The maximum absolute atomic E-state index is 12.9. The number of carbonyl (C=O) groups is 1.